The average Bonchev–Trinajstić information content (AvgIpc) is 2.29. The first-order chi connectivity index (χ1) is 7.63. The van der Waals surface area contributed by atoms with Crippen LogP contribution >= 0.6 is 0 Å². The highest BCUT2D eigenvalue weighted by Crippen LogP contribution is 2.12. The van der Waals surface area contributed by atoms with Gasteiger partial charge in [0.1, 0.15) is 0 Å². The van der Waals surface area contributed by atoms with Crippen LogP contribution in [0.4, 0.5) is 0 Å². The minimum Gasteiger partial charge on any atom is -0.313 e. The quantitative estimate of drug-likeness (QED) is 0.698. The summed E-state index contributed by atoms with van der Waals surface area (Å²) in [7, 11) is 0. The van der Waals surface area contributed by atoms with E-state index in [1.54, 1.807) is 0 Å². The normalized spacial score (nSPS) is 21.7. The third-order valence-corrected chi connectivity index (χ3v) is 3.52. The molecule has 0 aromatic rings. The maximum atomic E-state index is 4.13. The number of hydrogen-bond acceptors (Lipinski definition) is 2. The van der Waals surface area contributed by atoms with E-state index in [1.807, 2.05) is 0 Å². The molecule has 1 unspecified atom stereocenters. The molecule has 0 bridgehead atoms. The van der Waals surface area contributed by atoms with Crippen LogP contribution in [-0.4, -0.2) is 36.6 Å². The lowest BCUT2D eigenvalue weighted by Crippen LogP contribution is -2.46. The summed E-state index contributed by atoms with van der Waals surface area (Å²) >= 11 is 0. The van der Waals surface area contributed by atoms with Crippen LogP contribution in [-0.2, 0) is 0 Å². The van der Waals surface area contributed by atoms with Gasteiger partial charge in [-0.1, -0.05) is 25.5 Å². The average molecular weight is 224 g/mol. The van der Waals surface area contributed by atoms with Gasteiger partial charge in [0.15, 0.2) is 0 Å². The molecule has 1 fully saturated rings. The summed E-state index contributed by atoms with van der Waals surface area (Å²) in [6, 6.07) is 1.31. The standard InChI is InChI=1S/C14H28N2/c1-5-13(4)10-16(12(2)3)11-14-8-6-7-9-15-14/h12,14-15H,4-11H2,1-3H3. The third-order valence-electron chi connectivity index (χ3n) is 3.52. The Hall–Kier alpha value is -0.340. The number of rotatable bonds is 6. The lowest BCUT2D eigenvalue weighted by Gasteiger charge is -2.33. The summed E-state index contributed by atoms with van der Waals surface area (Å²) < 4.78 is 0. The van der Waals surface area contributed by atoms with Gasteiger partial charge < -0.3 is 5.32 Å². The summed E-state index contributed by atoms with van der Waals surface area (Å²) in [4.78, 5) is 2.55. The lowest BCUT2D eigenvalue weighted by molar-refractivity contribution is 0.198. The Kier molecular flexibility index (Phi) is 6.07. The zero-order valence-corrected chi connectivity index (χ0v) is 11.3. The Balaban J connectivity index is 2.40. The molecule has 0 spiro atoms. The van der Waals surface area contributed by atoms with Gasteiger partial charge >= 0.3 is 0 Å². The summed E-state index contributed by atoms with van der Waals surface area (Å²) in [5, 5.41) is 3.62. The van der Waals surface area contributed by atoms with E-state index in [0.29, 0.717) is 12.1 Å². The Bertz CT molecular complexity index is 205. The highest BCUT2D eigenvalue weighted by atomic mass is 15.2. The molecule has 0 radical (unpaired) electrons. The van der Waals surface area contributed by atoms with Gasteiger partial charge in [0, 0.05) is 25.2 Å². The Labute approximate surface area is 101 Å². The van der Waals surface area contributed by atoms with Gasteiger partial charge in [0.25, 0.3) is 0 Å². The van der Waals surface area contributed by atoms with Gasteiger partial charge in [-0.2, -0.15) is 0 Å². The molecule has 16 heavy (non-hydrogen) atoms. The molecule has 1 atom stereocenters. The zero-order chi connectivity index (χ0) is 12.0. The molecule has 0 aromatic carbocycles. The molecule has 1 aliphatic heterocycles. The molecule has 1 rings (SSSR count). The number of hydrogen-bond donors (Lipinski definition) is 1. The van der Waals surface area contributed by atoms with E-state index in [0.717, 1.165) is 13.0 Å². The van der Waals surface area contributed by atoms with E-state index in [2.05, 4.69) is 37.6 Å². The topological polar surface area (TPSA) is 15.3 Å². The van der Waals surface area contributed by atoms with Crippen LogP contribution in [0, 0.1) is 0 Å². The molecule has 0 saturated carbocycles. The second kappa shape index (κ2) is 7.08. The van der Waals surface area contributed by atoms with E-state index < -0.39 is 0 Å². The maximum absolute atomic E-state index is 4.13. The van der Waals surface area contributed by atoms with Crippen LogP contribution in [0.15, 0.2) is 12.2 Å². The zero-order valence-electron chi connectivity index (χ0n) is 11.3. The highest BCUT2D eigenvalue weighted by Gasteiger charge is 2.18. The number of nitrogens with zero attached hydrogens (tertiary/aromatic N) is 1. The van der Waals surface area contributed by atoms with Crippen molar-refractivity contribution in [1.82, 2.24) is 10.2 Å². The molecule has 1 saturated heterocycles. The van der Waals surface area contributed by atoms with Gasteiger partial charge in [-0.15, -0.1) is 0 Å². The molecular weight excluding hydrogens is 196 g/mol. The SMILES string of the molecule is C=C(CC)CN(CC1CCCCN1)C(C)C. The van der Waals surface area contributed by atoms with Crippen molar-refractivity contribution in [1.29, 1.82) is 0 Å². The number of nitrogens with one attached hydrogen (secondary N) is 1. The van der Waals surface area contributed by atoms with E-state index in [-0.39, 0.29) is 0 Å². The van der Waals surface area contributed by atoms with Crippen molar-refractivity contribution in [2.75, 3.05) is 19.6 Å². The van der Waals surface area contributed by atoms with Crippen molar-refractivity contribution in [2.45, 2.75) is 58.5 Å². The Morgan fingerprint density at radius 2 is 2.19 bits per heavy atom. The molecule has 1 N–H and O–H groups in total. The monoisotopic (exact) mass is 224 g/mol. The van der Waals surface area contributed by atoms with Gasteiger partial charge in [0.05, 0.1) is 0 Å². The second-order valence-corrected chi connectivity index (χ2v) is 5.27. The predicted octanol–water partition coefficient (Wildman–Crippen LogP) is 2.81. The van der Waals surface area contributed by atoms with E-state index in [9.17, 15) is 0 Å². The summed E-state index contributed by atoms with van der Waals surface area (Å²) in [5.74, 6) is 0. The van der Waals surface area contributed by atoms with Crippen LogP contribution < -0.4 is 5.32 Å². The van der Waals surface area contributed by atoms with Gasteiger partial charge in [-0.05, 0) is 39.7 Å². The van der Waals surface area contributed by atoms with Crippen molar-refractivity contribution in [3.05, 3.63) is 12.2 Å². The van der Waals surface area contributed by atoms with Crippen molar-refractivity contribution in [2.24, 2.45) is 0 Å². The fourth-order valence-electron chi connectivity index (χ4n) is 2.22. The lowest BCUT2D eigenvalue weighted by atomic mass is 10.0. The number of piperidine rings is 1. The first kappa shape index (κ1) is 13.7. The predicted molar refractivity (Wildman–Crippen MR) is 71.8 cm³/mol. The van der Waals surface area contributed by atoms with Crippen molar-refractivity contribution >= 4 is 0 Å². The molecule has 0 aliphatic carbocycles. The smallest absolute Gasteiger partial charge is 0.0195 e. The molecule has 94 valence electrons. The fraction of sp³-hybridized carbons (Fsp3) is 0.857. The minimum atomic E-state index is 0.618. The van der Waals surface area contributed by atoms with Crippen LogP contribution in [0.5, 0.6) is 0 Å². The molecule has 1 heterocycles. The largest absolute Gasteiger partial charge is 0.313 e. The minimum absolute atomic E-state index is 0.618. The van der Waals surface area contributed by atoms with Crippen LogP contribution in [0.3, 0.4) is 0 Å². The van der Waals surface area contributed by atoms with Gasteiger partial charge in [-0.25, -0.2) is 0 Å². The Morgan fingerprint density at radius 1 is 1.44 bits per heavy atom. The van der Waals surface area contributed by atoms with Gasteiger partial charge in [0.2, 0.25) is 0 Å². The van der Waals surface area contributed by atoms with Gasteiger partial charge in [-0.3, -0.25) is 4.90 Å². The second-order valence-electron chi connectivity index (χ2n) is 5.27. The van der Waals surface area contributed by atoms with Crippen molar-refractivity contribution in [3.8, 4) is 0 Å². The van der Waals surface area contributed by atoms with E-state index in [1.165, 1.54) is 37.9 Å². The highest BCUT2D eigenvalue weighted by molar-refractivity contribution is 4.97. The fourth-order valence-corrected chi connectivity index (χ4v) is 2.22. The molecule has 1 aliphatic rings. The van der Waals surface area contributed by atoms with Crippen LogP contribution in [0.1, 0.15) is 46.5 Å². The molecule has 2 heteroatoms. The molecular formula is C14H28N2. The molecule has 0 aromatic heterocycles. The maximum Gasteiger partial charge on any atom is 0.0195 e. The third kappa shape index (κ3) is 4.67. The molecule has 0 amide bonds. The first-order valence-corrected chi connectivity index (χ1v) is 6.77. The molecule has 2 nitrogen and oxygen atoms in total. The van der Waals surface area contributed by atoms with Crippen LogP contribution in [0.2, 0.25) is 0 Å². The van der Waals surface area contributed by atoms with Crippen molar-refractivity contribution < 1.29 is 0 Å². The summed E-state index contributed by atoms with van der Waals surface area (Å²) in [6.45, 7) is 14.3. The summed E-state index contributed by atoms with van der Waals surface area (Å²) in [6.07, 6.45) is 5.17. The van der Waals surface area contributed by atoms with Crippen molar-refractivity contribution in [3.63, 3.8) is 0 Å². The van der Waals surface area contributed by atoms with Crippen LogP contribution in [0.25, 0.3) is 0 Å². The van der Waals surface area contributed by atoms with E-state index >= 15 is 0 Å². The first-order valence-electron chi connectivity index (χ1n) is 6.77. The summed E-state index contributed by atoms with van der Waals surface area (Å²) in [5.41, 5.74) is 1.35. The van der Waals surface area contributed by atoms with E-state index in [4.69, 9.17) is 0 Å². The Morgan fingerprint density at radius 3 is 2.69 bits per heavy atom.